The van der Waals surface area contributed by atoms with Gasteiger partial charge in [0, 0.05) is 5.92 Å². The first-order valence-electron chi connectivity index (χ1n) is 6.94. The lowest BCUT2D eigenvalue weighted by atomic mass is 9.65. The van der Waals surface area contributed by atoms with Gasteiger partial charge >= 0.3 is 5.97 Å². The van der Waals surface area contributed by atoms with Gasteiger partial charge in [-0.1, -0.05) is 37.1 Å². The molecule has 2 rings (SSSR count). The third-order valence-electron chi connectivity index (χ3n) is 4.52. The number of aliphatic carboxylic acids is 1. The molecule has 3 atom stereocenters. The molecule has 0 aromatic heterocycles. The van der Waals surface area contributed by atoms with Crippen LogP contribution in [0.1, 0.15) is 47.5 Å². The molecule has 0 aromatic carbocycles. The van der Waals surface area contributed by atoms with Crippen LogP contribution < -0.4 is 0 Å². The van der Waals surface area contributed by atoms with E-state index < -0.39 is 17.7 Å². The highest BCUT2D eigenvalue weighted by Gasteiger charge is 2.56. The van der Waals surface area contributed by atoms with Crippen molar-refractivity contribution < 1.29 is 14.6 Å². The number of epoxide rings is 1. The number of allylic oxidation sites excluding steroid dienone is 3. The standard InChI is InChI=1S/C16H24O3/c1-10-7-6-8-15(3,4)12(10)11(2)9-16(5)13(19-16)14(17)18/h7,9,12-13H,6,8H2,1-5H3,(H,17,18). The third kappa shape index (κ3) is 2.62. The summed E-state index contributed by atoms with van der Waals surface area (Å²) in [4.78, 5) is 11.0. The number of carboxylic acids is 1. The van der Waals surface area contributed by atoms with Crippen LogP contribution in [0.15, 0.2) is 23.3 Å². The molecule has 0 amide bonds. The predicted octanol–water partition coefficient (Wildman–Crippen LogP) is 3.56. The summed E-state index contributed by atoms with van der Waals surface area (Å²) in [5.74, 6) is -0.488. The van der Waals surface area contributed by atoms with Crippen LogP contribution in [0, 0.1) is 11.3 Å². The minimum atomic E-state index is -0.873. The van der Waals surface area contributed by atoms with E-state index in [-0.39, 0.29) is 5.41 Å². The minimum absolute atomic E-state index is 0.226. The van der Waals surface area contributed by atoms with E-state index in [0.717, 1.165) is 6.42 Å². The van der Waals surface area contributed by atoms with E-state index in [1.54, 1.807) is 0 Å². The molecule has 0 radical (unpaired) electrons. The molecule has 1 aliphatic carbocycles. The maximum Gasteiger partial charge on any atom is 0.336 e. The molecule has 1 fully saturated rings. The zero-order valence-electron chi connectivity index (χ0n) is 12.5. The van der Waals surface area contributed by atoms with Gasteiger partial charge in [0.1, 0.15) is 5.60 Å². The van der Waals surface area contributed by atoms with Gasteiger partial charge in [-0.15, -0.1) is 0 Å². The summed E-state index contributed by atoms with van der Waals surface area (Å²) in [6.45, 7) is 10.7. The van der Waals surface area contributed by atoms with Crippen LogP contribution in [0.4, 0.5) is 0 Å². The summed E-state index contributed by atoms with van der Waals surface area (Å²) >= 11 is 0. The van der Waals surface area contributed by atoms with Crippen LogP contribution in [0.5, 0.6) is 0 Å². The number of hydrogen-bond acceptors (Lipinski definition) is 2. The second-order valence-electron chi connectivity index (χ2n) is 6.82. The van der Waals surface area contributed by atoms with Crippen molar-refractivity contribution in [2.75, 3.05) is 0 Å². The smallest absolute Gasteiger partial charge is 0.336 e. The molecular formula is C16H24O3. The Hall–Kier alpha value is -1.09. The van der Waals surface area contributed by atoms with E-state index in [9.17, 15) is 4.79 Å². The van der Waals surface area contributed by atoms with Gasteiger partial charge in [0.25, 0.3) is 0 Å². The van der Waals surface area contributed by atoms with Gasteiger partial charge in [-0.05, 0) is 39.0 Å². The zero-order chi connectivity index (χ0) is 14.4. The van der Waals surface area contributed by atoms with E-state index in [2.05, 4.69) is 33.8 Å². The Balaban J connectivity index is 2.24. The number of carbonyl (C=O) groups is 1. The van der Waals surface area contributed by atoms with Crippen molar-refractivity contribution >= 4 is 5.97 Å². The quantitative estimate of drug-likeness (QED) is 0.626. The van der Waals surface area contributed by atoms with Crippen molar-refractivity contribution in [3.63, 3.8) is 0 Å². The molecule has 1 aliphatic heterocycles. The lowest BCUT2D eigenvalue weighted by Crippen LogP contribution is -2.29. The van der Waals surface area contributed by atoms with Crippen molar-refractivity contribution in [1.82, 2.24) is 0 Å². The fraction of sp³-hybridized carbons (Fsp3) is 0.688. The van der Waals surface area contributed by atoms with E-state index >= 15 is 0 Å². The van der Waals surface area contributed by atoms with Crippen molar-refractivity contribution in [3.8, 4) is 0 Å². The first-order valence-corrected chi connectivity index (χ1v) is 6.94. The Kier molecular flexibility index (Phi) is 3.38. The zero-order valence-corrected chi connectivity index (χ0v) is 12.5. The summed E-state index contributed by atoms with van der Waals surface area (Å²) < 4.78 is 5.34. The summed E-state index contributed by atoms with van der Waals surface area (Å²) in [6.07, 6.45) is 5.94. The number of ether oxygens (including phenoxy) is 1. The van der Waals surface area contributed by atoms with Crippen molar-refractivity contribution in [2.24, 2.45) is 11.3 Å². The summed E-state index contributed by atoms with van der Waals surface area (Å²) in [7, 11) is 0. The Bertz CT molecular complexity index is 459. The molecule has 0 saturated carbocycles. The molecule has 0 bridgehead atoms. The van der Waals surface area contributed by atoms with Gasteiger partial charge < -0.3 is 9.84 Å². The van der Waals surface area contributed by atoms with Crippen LogP contribution in [0.3, 0.4) is 0 Å². The van der Waals surface area contributed by atoms with E-state index in [0.29, 0.717) is 5.92 Å². The molecule has 2 aliphatic rings. The minimum Gasteiger partial charge on any atom is -0.479 e. The maximum atomic E-state index is 11.0. The molecule has 19 heavy (non-hydrogen) atoms. The third-order valence-corrected chi connectivity index (χ3v) is 4.52. The first-order chi connectivity index (χ1) is 8.67. The molecule has 1 heterocycles. The SMILES string of the molecule is CC1=CCCC(C)(C)C1C(C)=CC1(C)OC1C(=O)O. The predicted molar refractivity (Wildman–Crippen MR) is 74.9 cm³/mol. The Morgan fingerprint density at radius 2 is 2.11 bits per heavy atom. The van der Waals surface area contributed by atoms with E-state index in [1.165, 1.54) is 17.6 Å². The second kappa shape index (κ2) is 4.48. The summed E-state index contributed by atoms with van der Waals surface area (Å²) in [5, 5.41) is 9.00. The molecular weight excluding hydrogens is 240 g/mol. The summed E-state index contributed by atoms with van der Waals surface area (Å²) in [5.41, 5.74) is 2.22. The Morgan fingerprint density at radius 3 is 2.58 bits per heavy atom. The highest BCUT2D eigenvalue weighted by molar-refractivity contribution is 5.78. The fourth-order valence-corrected chi connectivity index (χ4v) is 3.69. The Labute approximate surface area is 115 Å². The maximum absolute atomic E-state index is 11.0. The lowest BCUT2D eigenvalue weighted by molar-refractivity contribution is -0.138. The Morgan fingerprint density at radius 1 is 1.47 bits per heavy atom. The number of hydrogen-bond donors (Lipinski definition) is 1. The highest BCUT2D eigenvalue weighted by atomic mass is 16.6. The van der Waals surface area contributed by atoms with Crippen LogP contribution in [-0.4, -0.2) is 22.8 Å². The summed E-state index contributed by atoms with van der Waals surface area (Å²) in [6, 6.07) is 0. The van der Waals surface area contributed by atoms with Gasteiger partial charge in [-0.2, -0.15) is 0 Å². The van der Waals surface area contributed by atoms with Crippen molar-refractivity contribution in [2.45, 2.75) is 59.2 Å². The van der Waals surface area contributed by atoms with Crippen molar-refractivity contribution in [3.05, 3.63) is 23.3 Å². The highest BCUT2D eigenvalue weighted by Crippen LogP contribution is 2.47. The first kappa shape index (κ1) is 14.3. The van der Waals surface area contributed by atoms with E-state index in [4.69, 9.17) is 9.84 Å². The van der Waals surface area contributed by atoms with Crippen LogP contribution in [0.25, 0.3) is 0 Å². The van der Waals surface area contributed by atoms with Crippen LogP contribution >= 0.6 is 0 Å². The fourth-order valence-electron chi connectivity index (χ4n) is 3.69. The molecule has 106 valence electrons. The average Bonchev–Trinajstić information content (AvgIpc) is 2.88. The average molecular weight is 264 g/mol. The molecule has 3 unspecified atom stereocenters. The normalized spacial score (nSPS) is 37.7. The molecule has 3 heteroatoms. The molecule has 1 N–H and O–H groups in total. The van der Waals surface area contributed by atoms with Crippen molar-refractivity contribution in [1.29, 1.82) is 0 Å². The lowest BCUT2D eigenvalue weighted by Gasteiger charge is -2.39. The molecule has 0 aromatic rings. The second-order valence-corrected chi connectivity index (χ2v) is 6.82. The number of carboxylic acid groups (broad SMARTS) is 1. The monoisotopic (exact) mass is 264 g/mol. The van der Waals surface area contributed by atoms with E-state index in [1.807, 2.05) is 13.0 Å². The topological polar surface area (TPSA) is 49.8 Å². The van der Waals surface area contributed by atoms with Gasteiger partial charge in [-0.25, -0.2) is 4.79 Å². The largest absolute Gasteiger partial charge is 0.479 e. The van der Waals surface area contributed by atoms with Gasteiger partial charge in [0.2, 0.25) is 0 Å². The van der Waals surface area contributed by atoms with Crippen LogP contribution in [0.2, 0.25) is 0 Å². The molecule has 3 nitrogen and oxygen atoms in total. The number of rotatable bonds is 3. The van der Waals surface area contributed by atoms with Gasteiger partial charge in [0.15, 0.2) is 6.10 Å². The van der Waals surface area contributed by atoms with Gasteiger partial charge in [0.05, 0.1) is 0 Å². The van der Waals surface area contributed by atoms with Crippen LogP contribution in [-0.2, 0) is 9.53 Å². The van der Waals surface area contributed by atoms with Gasteiger partial charge in [-0.3, -0.25) is 0 Å². The molecule has 1 saturated heterocycles. The molecule has 0 spiro atoms.